The quantitative estimate of drug-likeness (QED) is 0.845. The van der Waals surface area contributed by atoms with E-state index in [0.717, 1.165) is 4.90 Å². The van der Waals surface area contributed by atoms with E-state index >= 15 is 0 Å². The number of hydrogen-bond acceptors (Lipinski definition) is 3. The van der Waals surface area contributed by atoms with Gasteiger partial charge in [-0.05, 0) is 18.1 Å². The number of carboxylic acid groups (broad SMARTS) is 1. The molecule has 0 aliphatic carbocycles. The van der Waals surface area contributed by atoms with Crippen LogP contribution < -0.4 is 0 Å². The number of rotatable bonds is 5. The number of carbonyl (C=O) groups excluding carboxylic acids is 1. The molecule has 1 amide bonds. The molecule has 2 unspecified atom stereocenters. The predicted molar refractivity (Wildman–Crippen MR) is 83.7 cm³/mol. The van der Waals surface area contributed by atoms with Gasteiger partial charge in [-0.3, -0.25) is 9.59 Å². The summed E-state index contributed by atoms with van der Waals surface area (Å²) in [4.78, 5) is 25.8. The van der Waals surface area contributed by atoms with Gasteiger partial charge in [-0.25, -0.2) is 0 Å². The van der Waals surface area contributed by atoms with Crippen LogP contribution in [-0.4, -0.2) is 40.7 Å². The molecule has 1 aliphatic heterocycles. The molecule has 1 N–H and O–H groups in total. The number of amides is 1. The van der Waals surface area contributed by atoms with E-state index in [1.54, 1.807) is 16.7 Å². The number of carbonyl (C=O) groups is 2. The average molecular weight is 328 g/mol. The molecule has 2 atom stereocenters. The van der Waals surface area contributed by atoms with Gasteiger partial charge in [0.05, 0.1) is 10.9 Å². The Morgan fingerprint density at radius 1 is 1.38 bits per heavy atom. The normalized spacial score (nSPS) is 21.5. The summed E-state index contributed by atoms with van der Waals surface area (Å²) in [7, 11) is 0. The lowest BCUT2D eigenvalue weighted by Gasteiger charge is -2.15. The van der Waals surface area contributed by atoms with Gasteiger partial charge in [0.2, 0.25) is 5.91 Å². The Labute approximate surface area is 133 Å². The SMILES string of the molecule is CC1CN(C(=O)CCSc2ccccc2Cl)CC1C(=O)O. The van der Waals surface area contributed by atoms with Gasteiger partial charge in [0.15, 0.2) is 0 Å². The predicted octanol–water partition coefficient (Wildman–Crippen LogP) is 3.00. The molecule has 1 aromatic carbocycles. The number of thioether (sulfide) groups is 1. The molecule has 114 valence electrons. The highest BCUT2D eigenvalue weighted by Crippen LogP contribution is 2.28. The van der Waals surface area contributed by atoms with Crippen LogP contribution in [0.2, 0.25) is 5.02 Å². The maximum Gasteiger partial charge on any atom is 0.308 e. The van der Waals surface area contributed by atoms with Gasteiger partial charge >= 0.3 is 5.97 Å². The third-order valence-electron chi connectivity index (χ3n) is 3.69. The van der Waals surface area contributed by atoms with Gasteiger partial charge in [0, 0.05) is 30.2 Å². The highest BCUT2D eigenvalue weighted by atomic mass is 35.5. The van der Waals surface area contributed by atoms with Crippen molar-refractivity contribution in [3.63, 3.8) is 0 Å². The van der Waals surface area contributed by atoms with Gasteiger partial charge in [-0.15, -0.1) is 11.8 Å². The number of likely N-dealkylation sites (tertiary alicyclic amines) is 1. The third-order valence-corrected chi connectivity index (χ3v) is 5.21. The lowest BCUT2D eigenvalue weighted by Crippen LogP contribution is -2.30. The number of hydrogen-bond donors (Lipinski definition) is 1. The Morgan fingerprint density at radius 2 is 2.10 bits per heavy atom. The second kappa shape index (κ2) is 7.18. The van der Waals surface area contributed by atoms with Crippen LogP contribution in [0.25, 0.3) is 0 Å². The first kappa shape index (κ1) is 16.2. The molecule has 0 aromatic heterocycles. The minimum absolute atomic E-state index is 0.0164. The first-order valence-corrected chi connectivity index (χ1v) is 8.23. The van der Waals surface area contributed by atoms with E-state index in [2.05, 4.69) is 0 Å². The highest BCUT2D eigenvalue weighted by Gasteiger charge is 2.36. The third kappa shape index (κ3) is 4.14. The maximum atomic E-state index is 12.1. The molecular weight excluding hydrogens is 310 g/mol. The summed E-state index contributed by atoms with van der Waals surface area (Å²) in [5.41, 5.74) is 0. The minimum atomic E-state index is -0.816. The maximum absolute atomic E-state index is 12.1. The molecular formula is C15H18ClNO3S. The van der Waals surface area contributed by atoms with Crippen molar-refractivity contribution in [1.29, 1.82) is 0 Å². The minimum Gasteiger partial charge on any atom is -0.481 e. The van der Waals surface area contributed by atoms with Crippen LogP contribution in [-0.2, 0) is 9.59 Å². The summed E-state index contributed by atoms with van der Waals surface area (Å²) < 4.78 is 0. The molecule has 0 radical (unpaired) electrons. The average Bonchev–Trinajstić information content (AvgIpc) is 2.83. The number of benzene rings is 1. The molecule has 1 aliphatic rings. The fraction of sp³-hybridized carbons (Fsp3) is 0.467. The van der Waals surface area contributed by atoms with Crippen molar-refractivity contribution in [2.24, 2.45) is 11.8 Å². The van der Waals surface area contributed by atoms with Crippen LogP contribution in [0.5, 0.6) is 0 Å². The fourth-order valence-corrected chi connectivity index (χ4v) is 3.64. The van der Waals surface area contributed by atoms with Crippen molar-refractivity contribution in [2.75, 3.05) is 18.8 Å². The van der Waals surface area contributed by atoms with Gasteiger partial charge < -0.3 is 10.0 Å². The van der Waals surface area contributed by atoms with Crippen LogP contribution in [0.4, 0.5) is 0 Å². The smallest absolute Gasteiger partial charge is 0.308 e. The van der Waals surface area contributed by atoms with E-state index < -0.39 is 11.9 Å². The Morgan fingerprint density at radius 3 is 2.71 bits per heavy atom. The van der Waals surface area contributed by atoms with E-state index in [-0.39, 0.29) is 11.8 Å². The molecule has 1 aromatic rings. The van der Waals surface area contributed by atoms with E-state index in [0.29, 0.717) is 30.3 Å². The standard InChI is InChI=1S/C15H18ClNO3S/c1-10-8-17(9-11(10)15(19)20)14(18)6-7-21-13-5-3-2-4-12(13)16/h2-5,10-11H,6-9H2,1H3,(H,19,20). The van der Waals surface area contributed by atoms with E-state index in [1.165, 1.54) is 0 Å². The zero-order chi connectivity index (χ0) is 15.4. The summed E-state index contributed by atoms with van der Waals surface area (Å²) in [5, 5.41) is 9.77. The second-order valence-electron chi connectivity index (χ2n) is 5.25. The molecule has 0 saturated carbocycles. The van der Waals surface area contributed by atoms with Gasteiger partial charge in [-0.1, -0.05) is 30.7 Å². The monoisotopic (exact) mass is 327 g/mol. The van der Waals surface area contributed by atoms with Crippen molar-refractivity contribution in [3.05, 3.63) is 29.3 Å². The Bertz CT molecular complexity index is 537. The Kier molecular flexibility index (Phi) is 5.53. The summed E-state index contributed by atoms with van der Waals surface area (Å²) in [6.07, 6.45) is 0.398. The Balaban J connectivity index is 1.81. The summed E-state index contributed by atoms with van der Waals surface area (Å²) in [5.74, 6) is -0.577. The van der Waals surface area contributed by atoms with Crippen LogP contribution in [0.3, 0.4) is 0 Å². The topological polar surface area (TPSA) is 57.6 Å². The molecule has 21 heavy (non-hydrogen) atoms. The molecule has 0 spiro atoms. The molecule has 1 heterocycles. The summed E-state index contributed by atoms with van der Waals surface area (Å²) in [6, 6.07) is 7.53. The van der Waals surface area contributed by atoms with Crippen LogP contribution in [0.1, 0.15) is 13.3 Å². The van der Waals surface area contributed by atoms with Gasteiger partial charge in [0.25, 0.3) is 0 Å². The number of nitrogens with zero attached hydrogens (tertiary/aromatic N) is 1. The van der Waals surface area contributed by atoms with E-state index in [9.17, 15) is 9.59 Å². The van der Waals surface area contributed by atoms with E-state index in [1.807, 2.05) is 31.2 Å². The van der Waals surface area contributed by atoms with Crippen molar-refractivity contribution < 1.29 is 14.7 Å². The molecule has 4 nitrogen and oxygen atoms in total. The van der Waals surface area contributed by atoms with Crippen molar-refractivity contribution >= 4 is 35.2 Å². The number of aliphatic carboxylic acids is 1. The molecule has 1 saturated heterocycles. The zero-order valence-corrected chi connectivity index (χ0v) is 13.4. The lowest BCUT2D eigenvalue weighted by molar-refractivity contribution is -0.142. The number of halogens is 1. The molecule has 1 fully saturated rings. The van der Waals surface area contributed by atoms with Crippen molar-refractivity contribution in [3.8, 4) is 0 Å². The fourth-order valence-electron chi connectivity index (χ4n) is 2.46. The molecule has 2 rings (SSSR count). The van der Waals surface area contributed by atoms with Gasteiger partial charge in [0.1, 0.15) is 0 Å². The first-order chi connectivity index (χ1) is 9.99. The van der Waals surface area contributed by atoms with E-state index in [4.69, 9.17) is 16.7 Å². The largest absolute Gasteiger partial charge is 0.481 e. The highest BCUT2D eigenvalue weighted by molar-refractivity contribution is 7.99. The Hall–Kier alpha value is -1.20. The van der Waals surface area contributed by atoms with Crippen LogP contribution in [0, 0.1) is 11.8 Å². The lowest BCUT2D eigenvalue weighted by atomic mass is 9.99. The summed E-state index contributed by atoms with van der Waals surface area (Å²) >= 11 is 7.60. The second-order valence-corrected chi connectivity index (χ2v) is 6.79. The first-order valence-electron chi connectivity index (χ1n) is 6.87. The van der Waals surface area contributed by atoms with Crippen molar-refractivity contribution in [2.45, 2.75) is 18.2 Å². The summed E-state index contributed by atoms with van der Waals surface area (Å²) in [6.45, 7) is 2.74. The van der Waals surface area contributed by atoms with Crippen LogP contribution >= 0.6 is 23.4 Å². The zero-order valence-electron chi connectivity index (χ0n) is 11.8. The van der Waals surface area contributed by atoms with Crippen LogP contribution in [0.15, 0.2) is 29.2 Å². The molecule has 6 heteroatoms. The van der Waals surface area contributed by atoms with Gasteiger partial charge in [-0.2, -0.15) is 0 Å². The van der Waals surface area contributed by atoms with Crippen molar-refractivity contribution in [1.82, 2.24) is 4.90 Å². The molecule has 0 bridgehead atoms. The number of carboxylic acids is 1.